The molecule has 37 heavy (non-hydrogen) atoms. The van der Waals surface area contributed by atoms with Gasteiger partial charge in [-0.1, -0.05) is 67.5 Å². The molecular formula is C32H45BN2O2. The lowest BCUT2D eigenvalue weighted by molar-refractivity contribution is 0.00578. The minimum absolute atomic E-state index is 0.148. The standard InChI is InChI=1S/C32H45BN2O2/c1-18(2)20-13-14-23(33-36-31(9,10)32(11,12)37-33)26(19(3)4)27(20)28-34-24-15-21-22(16-25(24)35-28)30(7,8)17-29(21,5)6/h13-16,18-19H,17H2,1-12H3,(H,34,35). The number of imidazole rings is 1. The molecule has 198 valence electrons. The van der Waals surface area contributed by atoms with Crippen LogP contribution in [0.2, 0.25) is 0 Å². The number of nitrogens with one attached hydrogen (secondary N) is 1. The van der Waals surface area contributed by atoms with Crippen molar-refractivity contribution in [2.45, 2.75) is 123 Å². The van der Waals surface area contributed by atoms with E-state index in [1.54, 1.807) is 0 Å². The summed E-state index contributed by atoms with van der Waals surface area (Å²) in [7, 11) is -0.405. The molecule has 4 nitrogen and oxygen atoms in total. The number of benzene rings is 2. The highest BCUT2D eigenvalue weighted by Crippen LogP contribution is 2.50. The zero-order valence-electron chi connectivity index (χ0n) is 25.0. The van der Waals surface area contributed by atoms with E-state index in [9.17, 15) is 0 Å². The first-order valence-electron chi connectivity index (χ1n) is 14.0. The van der Waals surface area contributed by atoms with Crippen LogP contribution in [0.25, 0.3) is 22.4 Å². The molecule has 5 heteroatoms. The molecule has 0 atom stereocenters. The lowest BCUT2D eigenvalue weighted by Crippen LogP contribution is -2.41. The van der Waals surface area contributed by atoms with E-state index in [0.717, 1.165) is 28.7 Å². The largest absolute Gasteiger partial charge is 0.495 e. The SMILES string of the molecule is CC(C)c1ccc(B2OC(C)(C)C(C)(C)O2)c(C(C)C)c1-c1nc2cc3c(cc2[nH]1)C(C)(C)CC3(C)C. The average molecular weight is 501 g/mol. The normalized spacial score (nSPS) is 21.4. The molecule has 1 aromatic heterocycles. The summed E-state index contributed by atoms with van der Waals surface area (Å²) in [6.07, 6.45) is 1.15. The Balaban J connectivity index is 1.73. The second-order valence-electron chi connectivity index (χ2n) is 14.4. The third kappa shape index (κ3) is 4.08. The number of aromatic amines is 1. The van der Waals surface area contributed by atoms with Crippen molar-refractivity contribution in [2.24, 2.45) is 0 Å². The van der Waals surface area contributed by atoms with Crippen LogP contribution in [0.15, 0.2) is 24.3 Å². The summed E-state index contributed by atoms with van der Waals surface area (Å²) < 4.78 is 13.1. The number of H-pyrrole nitrogens is 1. The molecule has 1 saturated heterocycles. The molecule has 2 heterocycles. The van der Waals surface area contributed by atoms with E-state index in [1.807, 2.05) is 0 Å². The van der Waals surface area contributed by atoms with Crippen LogP contribution in [0.4, 0.5) is 0 Å². The second-order valence-corrected chi connectivity index (χ2v) is 14.4. The fourth-order valence-electron chi connectivity index (χ4n) is 6.79. The Morgan fingerprint density at radius 2 is 1.38 bits per heavy atom. The van der Waals surface area contributed by atoms with Crippen molar-refractivity contribution in [1.82, 2.24) is 9.97 Å². The summed E-state index contributed by atoms with van der Waals surface area (Å²) in [4.78, 5) is 9.00. The van der Waals surface area contributed by atoms with Crippen molar-refractivity contribution in [2.75, 3.05) is 0 Å². The van der Waals surface area contributed by atoms with Gasteiger partial charge in [0.2, 0.25) is 0 Å². The first-order valence-corrected chi connectivity index (χ1v) is 14.0. The van der Waals surface area contributed by atoms with Crippen molar-refractivity contribution in [1.29, 1.82) is 0 Å². The zero-order valence-corrected chi connectivity index (χ0v) is 25.0. The molecule has 1 N–H and O–H groups in total. The van der Waals surface area contributed by atoms with Gasteiger partial charge in [-0.05, 0) is 96.6 Å². The quantitative estimate of drug-likeness (QED) is 0.373. The predicted molar refractivity (Wildman–Crippen MR) is 156 cm³/mol. The minimum Gasteiger partial charge on any atom is -0.399 e. The Morgan fingerprint density at radius 3 is 1.92 bits per heavy atom. The van der Waals surface area contributed by atoms with Crippen molar-refractivity contribution < 1.29 is 9.31 Å². The monoisotopic (exact) mass is 500 g/mol. The summed E-state index contributed by atoms with van der Waals surface area (Å²) in [5.41, 5.74) is 9.44. The lowest BCUT2D eigenvalue weighted by atomic mass is 9.70. The molecule has 0 saturated carbocycles. The number of nitrogens with zero attached hydrogens (tertiary/aromatic N) is 1. The van der Waals surface area contributed by atoms with Gasteiger partial charge < -0.3 is 14.3 Å². The van der Waals surface area contributed by atoms with Gasteiger partial charge in [-0.3, -0.25) is 0 Å². The van der Waals surface area contributed by atoms with Gasteiger partial charge in [-0.25, -0.2) is 4.98 Å². The Kier molecular flexibility index (Phi) is 5.87. The van der Waals surface area contributed by atoms with Crippen molar-refractivity contribution >= 4 is 23.6 Å². The topological polar surface area (TPSA) is 47.1 Å². The maximum absolute atomic E-state index is 6.54. The maximum atomic E-state index is 6.54. The van der Waals surface area contributed by atoms with E-state index in [-0.39, 0.29) is 27.9 Å². The smallest absolute Gasteiger partial charge is 0.399 e. The molecule has 5 rings (SSSR count). The maximum Gasteiger partial charge on any atom is 0.495 e. The van der Waals surface area contributed by atoms with Crippen LogP contribution in [0, 0.1) is 0 Å². The van der Waals surface area contributed by atoms with Gasteiger partial charge in [0.1, 0.15) is 5.82 Å². The van der Waals surface area contributed by atoms with E-state index >= 15 is 0 Å². The average Bonchev–Trinajstić information content (AvgIpc) is 3.32. The van der Waals surface area contributed by atoms with E-state index < -0.39 is 7.12 Å². The van der Waals surface area contributed by atoms with Gasteiger partial charge in [0.25, 0.3) is 0 Å². The van der Waals surface area contributed by atoms with Gasteiger partial charge >= 0.3 is 7.12 Å². The van der Waals surface area contributed by atoms with E-state index in [4.69, 9.17) is 14.3 Å². The van der Waals surface area contributed by atoms with Crippen molar-refractivity contribution in [3.05, 3.63) is 46.5 Å². The van der Waals surface area contributed by atoms with Crippen LogP contribution in [0.3, 0.4) is 0 Å². The number of hydrogen-bond donors (Lipinski definition) is 1. The molecule has 0 bridgehead atoms. The van der Waals surface area contributed by atoms with Gasteiger partial charge in [0.05, 0.1) is 22.2 Å². The molecule has 2 aliphatic rings. The van der Waals surface area contributed by atoms with Gasteiger partial charge in [-0.2, -0.15) is 0 Å². The first-order chi connectivity index (χ1) is 16.9. The lowest BCUT2D eigenvalue weighted by Gasteiger charge is -2.32. The van der Waals surface area contributed by atoms with E-state index in [2.05, 4.69) is 112 Å². The van der Waals surface area contributed by atoms with Crippen LogP contribution in [0.5, 0.6) is 0 Å². The fraction of sp³-hybridized carbons (Fsp3) is 0.594. The summed E-state index contributed by atoms with van der Waals surface area (Å²) in [5, 5.41) is 0. The Hall–Kier alpha value is -2.11. The second kappa shape index (κ2) is 8.20. The first kappa shape index (κ1) is 26.5. The minimum atomic E-state index is -0.405. The van der Waals surface area contributed by atoms with Gasteiger partial charge in [0, 0.05) is 5.56 Å². The molecule has 1 fully saturated rings. The summed E-state index contributed by atoms with van der Waals surface area (Å²) in [6, 6.07) is 9.17. The van der Waals surface area contributed by atoms with Crippen LogP contribution in [-0.4, -0.2) is 28.3 Å². The summed E-state index contributed by atoms with van der Waals surface area (Å²) in [6.45, 7) is 27.0. The molecule has 1 aliphatic carbocycles. The van der Waals surface area contributed by atoms with Gasteiger partial charge in [-0.15, -0.1) is 0 Å². The van der Waals surface area contributed by atoms with Crippen LogP contribution < -0.4 is 5.46 Å². The van der Waals surface area contributed by atoms with Crippen molar-refractivity contribution in [3.63, 3.8) is 0 Å². The van der Waals surface area contributed by atoms with Crippen LogP contribution >= 0.6 is 0 Å². The van der Waals surface area contributed by atoms with E-state index in [1.165, 1.54) is 27.8 Å². The molecule has 3 aromatic rings. The van der Waals surface area contributed by atoms with E-state index in [0.29, 0.717) is 5.92 Å². The highest BCUT2D eigenvalue weighted by atomic mass is 16.7. The van der Waals surface area contributed by atoms with Gasteiger partial charge in [0.15, 0.2) is 0 Å². The fourth-order valence-corrected chi connectivity index (χ4v) is 6.79. The zero-order chi connectivity index (χ0) is 27.3. The third-order valence-electron chi connectivity index (χ3n) is 9.22. The summed E-state index contributed by atoms with van der Waals surface area (Å²) in [5.74, 6) is 1.58. The Morgan fingerprint density at radius 1 is 0.811 bits per heavy atom. The molecule has 1 aliphatic heterocycles. The number of rotatable bonds is 4. The predicted octanol–water partition coefficient (Wildman–Crippen LogP) is 7.73. The number of hydrogen-bond acceptors (Lipinski definition) is 3. The van der Waals surface area contributed by atoms with Crippen molar-refractivity contribution in [3.8, 4) is 11.4 Å². The Bertz CT molecular complexity index is 1310. The molecule has 0 spiro atoms. The summed E-state index contributed by atoms with van der Waals surface area (Å²) >= 11 is 0. The highest BCUT2D eigenvalue weighted by Gasteiger charge is 2.52. The molecule has 0 unspecified atom stereocenters. The number of fused-ring (bicyclic) bond motifs is 2. The van der Waals surface area contributed by atoms with Crippen LogP contribution in [-0.2, 0) is 20.1 Å². The van der Waals surface area contributed by atoms with Crippen LogP contribution in [0.1, 0.15) is 124 Å². The molecule has 0 amide bonds. The number of aromatic nitrogens is 2. The Labute approximate surface area is 224 Å². The highest BCUT2D eigenvalue weighted by molar-refractivity contribution is 6.63. The molecule has 0 radical (unpaired) electrons. The molecular weight excluding hydrogens is 455 g/mol. The third-order valence-corrected chi connectivity index (χ3v) is 9.22. The molecule has 2 aromatic carbocycles.